The van der Waals surface area contributed by atoms with Gasteiger partial charge in [-0.3, -0.25) is 10.1 Å². The van der Waals surface area contributed by atoms with E-state index in [0.29, 0.717) is 17.2 Å². The van der Waals surface area contributed by atoms with Gasteiger partial charge in [-0.15, -0.1) is 12.4 Å². The Hall–Kier alpha value is -3.28. The van der Waals surface area contributed by atoms with Crippen LogP contribution in [0.1, 0.15) is 24.8 Å². The number of nitro benzene ring substituents is 1. The lowest BCUT2D eigenvalue weighted by molar-refractivity contribution is -0.384. The normalized spacial score (nSPS) is 13.4. The average Bonchev–Trinajstić information content (AvgIpc) is 2.82. The smallest absolute Gasteiger partial charge is 0.288 e. The van der Waals surface area contributed by atoms with E-state index in [1.54, 1.807) is 12.1 Å². The van der Waals surface area contributed by atoms with Crippen molar-refractivity contribution in [1.82, 2.24) is 15.0 Å². The van der Waals surface area contributed by atoms with Crippen LogP contribution in [0, 0.1) is 15.9 Å². The SMILES string of the molecule is Cl.O=[N+]([O-])c1cc(/C=N/Nc2nc(Nc3ccc(F)cc3)nc(N3CCCCC3)n2)c(Cl)cc1Cl. The molecular weight excluding hydrogens is 522 g/mol. The highest BCUT2D eigenvalue weighted by molar-refractivity contribution is 6.37. The lowest BCUT2D eigenvalue weighted by Gasteiger charge is -2.26. The van der Waals surface area contributed by atoms with Crippen LogP contribution < -0.4 is 15.6 Å². The van der Waals surface area contributed by atoms with Gasteiger partial charge >= 0.3 is 0 Å². The molecule has 1 saturated heterocycles. The van der Waals surface area contributed by atoms with E-state index < -0.39 is 4.92 Å². The minimum absolute atomic E-state index is 0. The third-order valence-electron chi connectivity index (χ3n) is 4.99. The number of hydrazone groups is 1. The summed E-state index contributed by atoms with van der Waals surface area (Å²) in [6.07, 6.45) is 4.51. The Labute approximate surface area is 216 Å². The van der Waals surface area contributed by atoms with E-state index in [1.165, 1.54) is 30.5 Å². The van der Waals surface area contributed by atoms with Gasteiger partial charge in [0.1, 0.15) is 10.8 Å². The van der Waals surface area contributed by atoms with Gasteiger partial charge in [0.25, 0.3) is 5.69 Å². The highest BCUT2D eigenvalue weighted by Gasteiger charge is 2.17. The highest BCUT2D eigenvalue weighted by atomic mass is 35.5. The van der Waals surface area contributed by atoms with Gasteiger partial charge in [-0.05, 0) is 49.6 Å². The monoisotopic (exact) mass is 540 g/mol. The first-order chi connectivity index (χ1) is 16.4. The van der Waals surface area contributed by atoms with Crippen LogP contribution in [0.2, 0.25) is 10.0 Å². The van der Waals surface area contributed by atoms with Crippen LogP contribution >= 0.6 is 35.6 Å². The number of hydrogen-bond donors (Lipinski definition) is 2. The van der Waals surface area contributed by atoms with Crippen molar-refractivity contribution in [3.05, 3.63) is 67.9 Å². The van der Waals surface area contributed by atoms with Crippen LogP contribution in [0.4, 0.5) is 33.6 Å². The minimum atomic E-state index is -0.603. The average molecular weight is 542 g/mol. The molecule has 0 atom stereocenters. The number of rotatable bonds is 7. The summed E-state index contributed by atoms with van der Waals surface area (Å²) >= 11 is 12.0. The molecule has 0 amide bonds. The largest absolute Gasteiger partial charge is 0.341 e. The third-order valence-corrected chi connectivity index (χ3v) is 5.62. The predicted molar refractivity (Wildman–Crippen MR) is 137 cm³/mol. The van der Waals surface area contributed by atoms with Gasteiger partial charge in [0.15, 0.2) is 0 Å². The minimum Gasteiger partial charge on any atom is -0.341 e. The van der Waals surface area contributed by atoms with Crippen LogP contribution in [-0.4, -0.2) is 39.2 Å². The maximum absolute atomic E-state index is 13.2. The Bertz CT molecular complexity index is 1220. The number of nitrogens with one attached hydrogen (secondary N) is 2. The molecule has 35 heavy (non-hydrogen) atoms. The van der Waals surface area contributed by atoms with Gasteiger partial charge in [-0.25, -0.2) is 9.82 Å². The van der Waals surface area contributed by atoms with E-state index in [1.807, 2.05) is 0 Å². The Morgan fingerprint density at radius 3 is 2.40 bits per heavy atom. The zero-order valence-electron chi connectivity index (χ0n) is 18.1. The van der Waals surface area contributed by atoms with Gasteiger partial charge in [0.05, 0.1) is 16.2 Å². The van der Waals surface area contributed by atoms with E-state index in [0.717, 1.165) is 32.4 Å². The molecule has 0 saturated carbocycles. The van der Waals surface area contributed by atoms with Crippen LogP contribution in [-0.2, 0) is 0 Å². The summed E-state index contributed by atoms with van der Waals surface area (Å²) in [7, 11) is 0. The molecular formula is C21H20Cl3FN8O2. The predicted octanol–water partition coefficient (Wildman–Crippen LogP) is 5.83. The van der Waals surface area contributed by atoms with E-state index in [2.05, 4.69) is 35.7 Å². The molecule has 1 aliphatic heterocycles. The molecule has 2 N–H and O–H groups in total. The zero-order chi connectivity index (χ0) is 24.1. The third kappa shape index (κ3) is 6.87. The Balaban J connectivity index is 0.00000342. The second kappa shape index (κ2) is 11.9. The van der Waals surface area contributed by atoms with Crippen LogP contribution in [0.3, 0.4) is 0 Å². The molecule has 0 spiro atoms. The summed E-state index contributed by atoms with van der Waals surface area (Å²) in [5.74, 6) is 0.515. The highest BCUT2D eigenvalue weighted by Crippen LogP contribution is 2.30. The molecule has 2 aromatic carbocycles. The van der Waals surface area contributed by atoms with Crippen LogP contribution in [0.25, 0.3) is 0 Å². The molecule has 2 heterocycles. The molecule has 4 rings (SSSR count). The summed E-state index contributed by atoms with van der Waals surface area (Å²) in [5.41, 5.74) is 3.33. The molecule has 184 valence electrons. The second-order valence-electron chi connectivity index (χ2n) is 7.41. The molecule has 0 unspecified atom stereocenters. The molecule has 0 aliphatic carbocycles. The first-order valence-electron chi connectivity index (χ1n) is 10.3. The molecule has 0 radical (unpaired) electrons. The van der Waals surface area contributed by atoms with Crippen molar-refractivity contribution in [2.45, 2.75) is 19.3 Å². The number of anilines is 4. The summed E-state index contributed by atoms with van der Waals surface area (Å²) in [6, 6.07) is 8.30. The standard InChI is InChI=1S/C21H19Cl2FN8O2.ClH/c22-16-11-17(23)18(32(33)34)10-13(16)12-25-30-20-27-19(26-15-6-4-14(24)5-7-15)28-21(29-20)31-8-2-1-3-9-31;/h4-7,10-12H,1-3,8-9H2,(H2,26,27,28,29,30);1H/b25-12+;. The quantitative estimate of drug-likeness (QED) is 0.218. The van der Waals surface area contributed by atoms with E-state index >= 15 is 0 Å². The summed E-state index contributed by atoms with van der Waals surface area (Å²) in [6.45, 7) is 1.62. The van der Waals surface area contributed by atoms with E-state index in [-0.39, 0.29) is 45.9 Å². The molecule has 3 aromatic rings. The van der Waals surface area contributed by atoms with Crippen molar-refractivity contribution < 1.29 is 9.31 Å². The zero-order valence-corrected chi connectivity index (χ0v) is 20.4. The molecule has 1 aromatic heterocycles. The van der Waals surface area contributed by atoms with Gasteiger partial charge in [-0.1, -0.05) is 23.2 Å². The lowest BCUT2D eigenvalue weighted by atomic mass is 10.1. The van der Waals surface area contributed by atoms with Crippen LogP contribution in [0.15, 0.2) is 41.5 Å². The van der Waals surface area contributed by atoms with E-state index in [9.17, 15) is 14.5 Å². The second-order valence-corrected chi connectivity index (χ2v) is 8.23. The first kappa shape index (κ1) is 26.3. The van der Waals surface area contributed by atoms with Gasteiger partial charge < -0.3 is 10.2 Å². The Morgan fingerprint density at radius 1 is 1.03 bits per heavy atom. The van der Waals surface area contributed by atoms with Crippen molar-refractivity contribution >= 4 is 71.0 Å². The van der Waals surface area contributed by atoms with Gasteiger partial charge in [0, 0.05) is 30.4 Å². The lowest BCUT2D eigenvalue weighted by Crippen LogP contribution is -2.31. The number of halogens is 4. The molecule has 10 nitrogen and oxygen atoms in total. The van der Waals surface area contributed by atoms with E-state index in [4.69, 9.17) is 23.2 Å². The fourth-order valence-corrected chi connectivity index (χ4v) is 3.82. The van der Waals surface area contributed by atoms with Gasteiger partial charge in [0.2, 0.25) is 17.8 Å². The van der Waals surface area contributed by atoms with Crippen molar-refractivity contribution in [1.29, 1.82) is 0 Å². The summed E-state index contributed by atoms with van der Waals surface area (Å²) < 4.78 is 13.2. The molecule has 0 bridgehead atoms. The maximum Gasteiger partial charge on any atom is 0.288 e. The number of benzene rings is 2. The fourth-order valence-electron chi connectivity index (χ4n) is 3.32. The fraction of sp³-hybridized carbons (Fsp3) is 0.238. The molecule has 1 fully saturated rings. The number of nitro groups is 1. The summed E-state index contributed by atoms with van der Waals surface area (Å²) in [4.78, 5) is 25.8. The number of hydrogen-bond acceptors (Lipinski definition) is 9. The first-order valence-corrected chi connectivity index (χ1v) is 11.1. The number of piperidine rings is 1. The van der Waals surface area contributed by atoms with Gasteiger partial charge in [-0.2, -0.15) is 20.1 Å². The Kier molecular flexibility index (Phi) is 8.96. The van der Waals surface area contributed by atoms with Crippen LogP contribution in [0.5, 0.6) is 0 Å². The number of aromatic nitrogens is 3. The number of nitrogens with zero attached hydrogens (tertiary/aromatic N) is 6. The van der Waals surface area contributed by atoms with Crippen molar-refractivity contribution in [2.24, 2.45) is 5.10 Å². The Morgan fingerprint density at radius 2 is 1.71 bits per heavy atom. The molecule has 1 aliphatic rings. The van der Waals surface area contributed by atoms with Crippen molar-refractivity contribution in [3.63, 3.8) is 0 Å². The van der Waals surface area contributed by atoms with Crippen molar-refractivity contribution in [2.75, 3.05) is 28.7 Å². The maximum atomic E-state index is 13.2. The topological polar surface area (TPSA) is 121 Å². The van der Waals surface area contributed by atoms with Crippen molar-refractivity contribution in [3.8, 4) is 0 Å². The summed E-state index contributed by atoms with van der Waals surface area (Å²) in [5, 5.41) is 18.4. The molecule has 14 heteroatoms.